The summed E-state index contributed by atoms with van der Waals surface area (Å²) in [7, 11) is 0. The van der Waals surface area contributed by atoms with E-state index in [1.165, 1.54) is 42.8 Å². The van der Waals surface area contributed by atoms with Gasteiger partial charge in [-0.25, -0.2) is 4.98 Å². The first-order valence-corrected chi connectivity index (χ1v) is 17.1. The number of para-hydroxylation sites is 1. The van der Waals surface area contributed by atoms with Crippen molar-refractivity contribution in [1.29, 1.82) is 0 Å². The van der Waals surface area contributed by atoms with Crippen LogP contribution in [0.1, 0.15) is 83.1 Å². The molecule has 1 radical (unpaired) electrons. The van der Waals surface area contributed by atoms with Crippen molar-refractivity contribution in [3.8, 4) is 22.6 Å². The van der Waals surface area contributed by atoms with Gasteiger partial charge in [-0.2, -0.15) is 0 Å². The third kappa shape index (κ3) is 6.47. The molecule has 1 aliphatic carbocycles. The van der Waals surface area contributed by atoms with Crippen molar-refractivity contribution in [2.24, 2.45) is 11.3 Å². The fourth-order valence-corrected chi connectivity index (χ4v) is 7.41. The summed E-state index contributed by atoms with van der Waals surface area (Å²) in [6.07, 6.45) is 7.90. The maximum Gasteiger partial charge on any atom is 0.216 e. The normalized spacial score (nSPS) is 18.0. The van der Waals surface area contributed by atoms with Crippen LogP contribution in [-0.4, -0.2) is 19.5 Å². The number of hydrogen-bond acceptors (Lipinski definition) is 4. The number of nitrogens with zero attached hydrogens (tertiary/aromatic N) is 4. The van der Waals surface area contributed by atoms with E-state index in [0.29, 0.717) is 33.8 Å². The summed E-state index contributed by atoms with van der Waals surface area (Å²) in [6, 6.07) is 31.7. The molecular formula is C44H42IrN4O-2. The van der Waals surface area contributed by atoms with Gasteiger partial charge < -0.3 is 14.0 Å². The molecule has 0 amide bonds. The molecule has 0 spiro atoms. The SMILES string of the molecule is CC1C=C(C2CCCC2)c2cccc3nc(-c4[c-]cccc4)n1c23.[2H]C([2H])([2H])c1ccc2c(n1)oc1c(-c3cc(C([2H])([2H])C(C)(C)C)ccn3)[c-]ccc12.[Ir]. The Hall–Kier alpha value is -4.38. The molecule has 0 N–H and O–H groups in total. The van der Waals surface area contributed by atoms with Crippen LogP contribution in [0.2, 0.25) is 0 Å². The standard InChI is InChI=1S/C22H21N2O.C22H21N2.Ir/c1-14-8-9-17-16-6-5-7-18(20(16)25-21(17)24-14)19-12-15(10-11-23-19)13-22(2,3)4;1-15-14-19(16-8-5-6-9-16)18-12-7-13-20-21(18)24(15)22(23-20)17-10-3-2-4-11-17;/h5-6,8-12H,13H2,1-4H3;2-4,7,10,12-16H,5-6,8-9H2,1H3;/q2*-1;/i1D3,13D2;;. The Balaban J connectivity index is 0.000000170. The average molecular weight is 840 g/mol. The van der Waals surface area contributed by atoms with E-state index in [2.05, 4.69) is 70.0 Å². The fourth-order valence-electron chi connectivity index (χ4n) is 7.41. The molecule has 7 aromatic rings. The first kappa shape index (κ1) is 28.3. The second-order valence-electron chi connectivity index (χ2n) is 14.2. The predicted molar refractivity (Wildman–Crippen MR) is 200 cm³/mol. The first-order chi connectivity index (χ1) is 25.7. The van der Waals surface area contributed by atoms with E-state index in [9.17, 15) is 0 Å². The van der Waals surface area contributed by atoms with Gasteiger partial charge in [0.05, 0.1) is 22.4 Å². The largest absolute Gasteiger partial charge is 0.486 e. The molecule has 1 fully saturated rings. The van der Waals surface area contributed by atoms with Crippen molar-refractivity contribution in [1.82, 2.24) is 19.5 Å². The molecule has 9 rings (SSSR count). The number of rotatable bonds is 4. The molecule has 5 heterocycles. The Morgan fingerprint density at radius 1 is 0.960 bits per heavy atom. The summed E-state index contributed by atoms with van der Waals surface area (Å²) < 4.78 is 48.2. The Morgan fingerprint density at radius 2 is 1.82 bits per heavy atom. The van der Waals surface area contributed by atoms with Crippen LogP contribution in [-0.2, 0) is 26.5 Å². The number of aryl methyl sites for hydroxylation is 1. The summed E-state index contributed by atoms with van der Waals surface area (Å²) in [5.74, 6) is 1.76. The second-order valence-corrected chi connectivity index (χ2v) is 14.2. The van der Waals surface area contributed by atoms with Crippen molar-refractivity contribution >= 4 is 38.7 Å². The van der Waals surface area contributed by atoms with E-state index in [1.54, 1.807) is 36.0 Å². The quantitative estimate of drug-likeness (QED) is 0.166. The van der Waals surface area contributed by atoms with Crippen LogP contribution < -0.4 is 0 Å². The number of hydrogen-bond donors (Lipinski definition) is 0. The zero-order chi connectivity index (χ0) is 38.0. The monoisotopic (exact) mass is 840 g/mol. The molecule has 0 saturated heterocycles. The van der Waals surface area contributed by atoms with Gasteiger partial charge in [0.15, 0.2) is 0 Å². The number of imidazole rings is 1. The summed E-state index contributed by atoms with van der Waals surface area (Å²) in [4.78, 5) is 13.6. The van der Waals surface area contributed by atoms with E-state index in [4.69, 9.17) is 16.3 Å². The fraction of sp³-hybridized carbons (Fsp3) is 0.295. The molecule has 1 aliphatic heterocycles. The number of allylic oxidation sites excluding steroid dienone is 2. The minimum Gasteiger partial charge on any atom is -0.486 e. The molecular weight excluding hydrogens is 793 g/mol. The van der Waals surface area contributed by atoms with Gasteiger partial charge in [0.25, 0.3) is 0 Å². The molecule has 6 heteroatoms. The zero-order valence-electron chi connectivity index (χ0n) is 33.7. The maximum atomic E-state index is 8.55. The Labute approximate surface area is 315 Å². The van der Waals surface area contributed by atoms with Gasteiger partial charge in [-0.1, -0.05) is 74.4 Å². The van der Waals surface area contributed by atoms with Gasteiger partial charge in [0.1, 0.15) is 0 Å². The summed E-state index contributed by atoms with van der Waals surface area (Å²) >= 11 is 0. The van der Waals surface area contributed by atoms with Crippen LogP contribution in [0.15, 0.2) is 95.6 Å². The number of aromatic nitrogens is 4. The molecule has 5 nitrogen and oxygen atoms in total. The van der Waals surface area contributed by atoms with E-state index in [1.807, 2.05) is 39.0 Å². The third-order valence-electron chi connectivity index (χ3n) is 9.43. The maximum absolute atomic E-state index is 8.55. The van der Waals surface area contributed by atoms with Crippen molar-refractivity contribution in [2.75, 3.05) is 0 Å². The van der Waals surface area contributed by atoms with Gasteiger partial charge >= 0.3 is 0 Å². The summed E-state index contributed by atoms with van der Waals surface area (Å²) in [5.41, 5.74) is 8.16. The van der Waals surface area contributed by atoms with Crippen LogP contribution in [0, 0.1) is 30.3 Å². The molecule has 1 atom stereocenters. The van der Waals surface area contributed by atoms with E-state index < -0.39 is 18.6 Å². The van der Waals surface area contributed by atoms with E-state index in [0.717, 1.165) is 28.2 Å². The summed E-state index contributed by atoms with van der Waals surface area (Å²) in [5, 5.41) is 1.48. The van der Waals surface area contributed by atoms with Crippen molar-refractivity contribution in [3.63, 3.8) is 0 Å². The molecule has 255 valence electrons. The number of furan rings is 1. The van der Waals surface area contributed by atoms with Crippen molar-refractivity contribution in [2.45, 2.75) is 72.6 Å². The Morgan fingerprint density at radius 3 is 2.60 bits per heavy atom. The second kappa shape index (κ2) is 13.7. The molecule has 2 aliphatic rings. The van der Waals surface area contributed by atoms with Gasteiger partial charge in [-0.3, -0.25) is 4.98 Å². The van der Waals surface area contributed by atoms with E-state index in [-0.39, 0.29) is 31.5 Å². The molecule has 0 bridgehead atoms. The molecule has 3 aromatic carbocycles. The molecule has 4 aromatic heterocycles. The number of pyridine rings is 2. The predicted octanol–water partition coefficient (Wildman–Crippen LogP) is 11.4. The van der Waals surface area contributed by atoms with Gasteiger partial charge in [-0.15, -0.1) is 54.1 Å². The average Bonchev–Trinajstić information content (AvgIpc) is 3.91. The Bertz CT molecular complexity index is 2540. The zero-order valence-corrected chi connectivity index (χ0v) is 31.1. The summed E-state index contributed by atoms with van der Waals surface area (Å²) in [6.45, 7) is 5.53. The van der Waals surface area contributed by atoms with E-state index >= 15 is 0 Å². The minimum absolute atomic E-state index is 0. The van der Waals surface area contributed by atoms with Crippen LogP contribution in [0.25, 0.3) is 61.3 Å². The van der Waals surface area contributed by atoms with Gasteiger partial charge in [-0.05, 0) is 79.9 Å². The minimum atomic E-state index is -2.32. The van der Waals surface area contributed by atoms with Gasteiger partial charge in [0.2, 0.25) is 5.71 Å². The van der Waals surface area contributed by atoms with Gasteiger partial charge in [0, 0.05) is 55.8 Å². The smallest absolute Gasteiger partial charge is 0.216 e. The van der Waals surface area contributed by atoms with Crippen LogP contribution in [0.5, 0.6) is 0 Å². The van der Waals surface area contributed by atoms with Crippen LogP contribution in [0.3, 0.4) is 0 Å². The molecule has 50 heavy (non-hydrogen) atoms. The van der Waals surface area contributed by atoms with Crippen molar-refractivity contribution < 1.29 is 31.4 Å². The Kier molecular flexibility index (Phi) is 7.78. The van der Waals surface area contributed by atoms with Crippen LogP contribution in [0.4, 0.5) is 0 Å². The first-order valence-electron chi connectivity index (χ1n) is 19.6. The van der Waals surface area contributed by atoms with Crippen LogP contribution >= 0.6 is 0 Å². The van der Waals surface area contributed by atoms with Crippen molar-refractivity contribution in [3.05, 3.63) is 120 Å². The molecule has 1 unspecified atom stereocenters. The number of benzene rings is 3. The molecule has 1 saturated carbocycles. The topological polar surface area (TPSA) is 56.7 Å². The number of fused-ring (bicyclic) bond motifs is 3. The third-order valence-corrected chi connectivity index (χ3v) is 9.43.